The molecular weight excluding hydrogens is 555 g/mol. The lowest BCUT2D eigenvalue weighted by Gasteiger charge is -2.41. The minimum absolute atomic E-state index is 0.182. The number of hydrogen-bond donors (Lipinski definition) is 9. The Bertz CT molecular complexity index is 921. The van der Waals surface area contributed by atoms with Gasteiger partial charge in [-0.05, 0) is 20.3 Å². The van der Waals surface area contributed by atoms with Crippen LogP contribution in [0.15, 0.2) is 0 Å². The van der Waals surface area contributed by atoms with Crippen molar-refractivity contribution in [3.8, 4) is 0 Å². The first-order valence-electron chi connectivity index (χ1n) is 11.7. The number of aliphatic hydroxyl groups excluding tert-OH is 2. The Balaban J connectivity index is 0.00000191. The van der Waals surface area contributed by atoms with Crippen molar-refractivity contribution in [1.82, 2.24) is 21.3 Å². The number of aliphatic hydroxyl groups is 2. The highest BCUT2D eigenvalue weighted by Gasteiger charge is 2.41. The highest BCUT2D eigenvalue weighted by molar-refractivity contribution is 5.91. The van der Waals surface area contributed by atoms with Gasteiger partial charge >= 0.3 is 18.1 Å². The number of halogens is 3. The minimum Gasteiger partial charge on any atom is -0.480 e. The molecule has 230 valence electrons. The average molecular weight is 590 g/mol. The number of carbonyl (C=O) groups excluding carboxylic acids is 4. The molecule has 1 unspecified atom stereocenters. The molecule has 1 aliphatic rings. The van der Waals surface area contributed by atoms with Crippen molar-refractivity contribution in [3.63, 3.8) is 0 Å². The Morgan fingerprint density at radius 2 is 1.62 bits per heavy atom. The third-order valence-electron chi connectivity index (χ3n) is 5.35. The van der Waals surface area contributed by atoms with Gasteiger partial charge in [0.1, 0.15) is 24.3 Å². The molecule has 0 radical (unpaired) electrons. The van der Waals surface area contributed by atoms with Gasteiger partial charge in [-0.15, -0.1) is 0 Å². The molecule has 0 aromatic carbocycles. The topological polar surface area (TPSA) is 267 Å². The minimum atomic E-state index is -5.08. The molecule has 0 spiro atoms. The molecule has 0 bridgehead atoms. The summed E-state index contributed by atoms with van der Waals surface area (Å²) in [5.41, 5.74) is 5.00. The number of carbonyl (C=O) groups is 6. The van der Waals surface area contributed by atoms with Crippen LogP contribution in [-0.4, -0.2) is 118 Å². The van der Waals surface area contributed by atoms with Crippen molar-refractivity contribution in [2.75, 3.05) is 13.2 Å². The van der Waals surface area contributed by atoms with E-state index in [1.54, 1.807) is 0 Å². The number of piperidine rings is 1. The molecule has 10 N–H and O–H groups in total. The van der Waals surface area contributed by atoms with E-state index in [0.717, 1.165) is 0 Å². The lowest BCUT2D eigenvalue weighted by atomic mass is 9.94. The summed E-state index contributed by atoms with van der Waals surface area (Å²) in [4.78, 5) is 67.3. The Labute approximate surface area is 225 Å². The van der Waals surface area contributed by atoms with Crippen molar-refractivity contribution in [3.05, 3.63) is 0 Å². The van der Waals surface area contributed by atoms with Crippen molar-refractivity contribution >= 4 is 35.6 Å². The summed E-state index contributed by atoms with van der Waals surface area (Å²) in [5, 5.41) is 46.2. The maximum Gasteiger partial charge on any atom is 0.490 e. The molecule has 0 aliphatic carbocycles. The van der Waals surface area contributed by atoms with E-state index < -0.39 is 84.9 Å². The van der Waals surface area contributed by atoms with Gasteiger partial charge in [-0.3, -0.25) is 19.2 Å². The zero-order valence-electron chi connectivity index (χ0n) is 21.7. The Kier molecular flexibility index (Phi) is 15.1. The van der Waals surface area contributed by atoms with E-state index in [0.29, 0.717) is 0 Å². The summed E-state index contributed by atoms with van der Waals surface area (Å²) in [6, 6.07) is -3.92. The van der Waals surface area contributed by atoms with Crippen LogP contribution in [-0.2, 0) is 33.5 Å². The molecule has 1 rings (SSSR count). The zero-order chi connectivity index (χ0) is 31.4. The van der Waals surface area contributed by atoms with Gasteiger partial charge in [-0.25, -0.2) is 9.59 Å². The lowest BCUT2D eigenvalue weighted by molar-refractivity contribution is -0.192. The molecule has 0 aromatic heterocycles. The van der Waals surface area contributed by atoms with Gasteiger partial charge < -0.3 is 52.2 Å². The van der Waals surface area contributed by atoms with Crippen LogP contribution < -0.4 is 27.0 Å². The quantitative estimate of drug-likeness (QED) is 0.108. The van der Waals surface area contributed by atoms with Crippen LogP contribution >= 0.6 is 0 Å². The molecule has 0 saturated carbocycles. The molecule has 4 amide bonds. The van der Waals surface area contributed by atoms with Gasteiger partial charge in [-0.1, -0.05) is 0 Å². The van der Waals surface area contributed by atoms with Gasteiger partial charge in [0, 0.05) is 19.9 Å². The van der Waals surface area contributed by atoms with Crippen LogP contribution in [0.2, 0.25) is 0 Å². The fraction of sp³-hybridized carbons (Fsp3) is 0.714. The maximum atomic E-state index is 12.5. The van der Waals surface area contributed by atoms with Crippen LogP contribution in [0.25, 0.3) is 0 Å². The Morgan fingerprint density at radius 3 is 2.05 bits per heavy atom. The van der Waals surface area contributed by atoms with Gasteiger partial charge in [0.05, 0.1) is 24.8 Å². The number of primary amides is 1. The standard InChI is InChI=1S/C19H33N5O9.C2HF3O2/c1-8(17(29)24-11(19(31)32)4-5-14(20)27)22-18(30)9(2)33-16-12(23-10(3)26)6-21-13(7-25)15(16)28;3-2(4,5)1(6)7/h8-9,11-13,15-16,21,25,28H,4-7H2,1-3H3,(H2,20,27)(H,22,30)(H,23,26)(H,24,29)(H,31,32);(H,6,7)/t8-,9+,11+,12-,13?,15+,16+;/m0./s1. The van der Waals surface area contributed by atoms with Crippen LogP contribution in [0.1, 0.15) is 33.6 Å². The number of ether oxygens (including phenoxy) is 1. The molecule has 1 aliphatic heterocycles. The first-order valence-corrected chi connectivity index (χ1v) is 11.7. The second-order valence-corrected chi connectivity index (χ2v) is 8.68. The number of hydrogen-bond acceptors (Lipinski definition) is 10. The Morgan fingerprint density at radius 1 is 1.07 bits per heavy atom. The van der Waals surface area contributed by atoms with E-state index in [1.807, 2.05) is 0 Å². The molecule has 7 atom stereocenters. The summed E-state index contributed by atoms with van der Waals surface area (Å²) in [6.45, 7) is 3.77. The second kappa shape index (κ2) is 16.5. The fourth-order valence-electron chi connectivity index (χ4n) is 3.26. The van der Waals surface area contributed by atoms with Crippen LogP contribution in [0.5, 0.6) is 0 Å². The van der Waals surface area contributed by atoms with E-state index in [9.17, 15) is 52.5 Å². The predicted molar refractivity (Wildman–Crippen MR) is 126 cm³/mol. The monoisotopic (exact) mass is 589 g/mol. The van der Waals surface area contributed by atoms with Gasteiger partial charge in [0.15, 0.2) is 0 Å². The number of amides is 4. The first kappa shape index (κ1) is 36.5. The summed E-state index contributed by atoms with van der Waals surface area (Å²) in [5.74, 6) is -6.74. The molecule has 1 heterocycles. The van der Waals surface area contributed by atoms with Gasteiger partial charge in [-0.2, -0.15) is 13.2 Å². The molecule has 1 fully saturated rings. The lowest BCUT2D eigenvalue weighted by Crippen LogP contribution is -2.66. The number of carboxylic acids is 2. The van der Waals surface area contributed by atoms with Crippen LogP contribution in [0.4, 0.5) is 13.2 Å². The van der Waals surface area contributed by atoms with E-state index in [-0.39, 0.29) is 25.3 Å². The molecule has 0 aromatic rings. The second-order valence-electron chi connectivity index (χ2n) is 8.68. The summed E-state index contributed by atoms with van der Waals surface area (Å²) < 4.78 is 37.4. The van der Waals surface area contributed by atoms with Crippen molar-refractivity contribution < 1.29 is 67.1 Å². The molecular formula is C21H34F3N5O11. The van der Waals surface area contributed by atoms with Crippen LogP contribution in [0.3, 0.4) is 0 Å². The Hall–Kier alpha value is -3.55. The number of rotatable bonds is 12. The number of carboxylic acid groups (broad SMARTS) is 2. The van der Waals surface area contributed by atoms with Crippen LogP contribution in [0, 0.1) is 0 Å². The fourth-order valence-corrected chi connectivity index (χ4v) is 3.26. The smallest absolute Gasteiger partial charge is 0.480 e. The third-order valence-corrected chi connectivity index (χ3v) is 5.35. The number of nitrogens with one attached hydrogen (secondary N) is 4. The summed E-state index contributed by atoms with van der Waals surface area (Å²) >= 11 is 0. The largest absolute Gasteiger partial charge is 0.490 e. The van der Waals surface area contributed by atoms with Gasteiger partial charge in [0.25, 0.3) is 0 Å². The summed E-state index contributed by atoms with van der Waals surface area (Å²) in [6.07, 6.45) is -8.97. The van der Waals surface area contributed by atoms with Crippen molar-refractivity contribution in [2.24, 2.45) is 5.73 Å². The molecule has 1 saturated heterocycles. The molecule has 40 heavy (non-hydrogen) atoms. The number of aliphatic carboxylic acids is 2. The highest BCUT2D eigenvalue weighted by atomic mass is 19.4. The van der Waals surface area contributed by atoms with E-state index in [2.05, 4.69) is 21.3 Å². The zero-order valence-corrected chi connectivity index (χ0v) is 21.7. The molecule has 19 heteroatoms. The van der Waals surface area contributed by atoms with Crippen molar-refractivity contribution in [1.29, 1.82) is 0 Å². The number of nitrogens with two attached hydrogens (primary N) is 1. The first-order chi connectivity index (χ1) is 18.3. The number of alkyl halides is 3. The average Bonchev–Trinajstić information content (AvgIpc) is 2.82. The highest BCUT2D eigenvalue weighted by Crippen LogP contribution is 2.17. The van der Waals surface area contributed by atoms with E-state index >= 15 is 0 Å². The van der Waals surface area contributed by atoms with E-state index in [4.69, 9.17) is 20.4 Å². The van der Waals surface area contributed by atoms with Gasteiger partial charge in [0.2, 0.25) is 23.6 Å². The third kappa shape index (κ3) is 13.0. The van der Waals surface area contributed by atoms with Crippen molar-refractivity contribution in [2.45, 2.75) is 82.3 Å². The molecule has 16 nitrogen and oxygen atoms in total. The maximum absolute atomic E-state index is 12.5. The predicted octanol–water partition coefficient (Wildman–Crippen LogP) is -3.44. The SMILES string of the molecule is CC(=O)N[C@H]1CNC(CO)[C@@H](O)[C@@H]1O[C@H](C)C(=O)N[C@@H](C)C(=O)N[C@H](CCC(N)=O)C(=O)O.O=C(O)C(F)(F)F. The normalized spacial score (nSPS) is 22.8. The van der Waals surface area contributed by atoms with E-state index in [1.165, 1.54) is 20.8 Å². The summed E-state index contributed by atoms with van der Waals surface area (Å²) in [7, 11) is 0.